The SMILES string of the molecule is COc1cc(CCC(=O)N(Cc2ccc(C(F)(F)F)cc2)C2CC2)cc(OC)c1OC. The molecule has 3 rings (SSSR count). The second kappa shape index (κ2) is 9.49. The fraction of sp³-hybridized carbons (Fsp3) is 0.435. The number of carbonyl (C=O) groups is 1. The summed E-state index contributed by atoms with van der Waals surface area (Å²) in [5.74, 6) is 1.50. The molecule has 0 aliphatic heterocycles. The minimum absolute atomic E-state index is 0.0313. The van der Waals surface area contributed by atoms with Crippen LogP contribution < -0.4 is 14.2 Å². The van der Waals surface area contributed by atoms with E-state index in [4.69, 9.17) is 14.2 Å². The van der Waals surface area contributed by atoms with Crippen LogP contribution in [-0.2, 0) is 23.9 Å². The van der Waals surface area contributed by atoms with Gasteiger partial charge in [0.1, 0.15) is 0 Å². The van der Waals surface area contributed by atoms with E-state index in [1.807, 2.05) is 12.1 Å². The molecule has 2 aromatic carbocycles. The summed E-state index contributed by atoms with van der Waals surface area (Å²) in [4.78, 5) is 14.7. The summed E-state index contributed by atoms with van der Waals surface area (Å²) < 4.78 is 54.4. The molecule has 1 fully saturated rings. The number of methoxy groups -OCH3 is 3. The molecule has 31 heavy (non-hydrogen) atoms. The number of aryl methyl sites for hydroxylation is 1. The molecule has 0 spiro atoms. The lowest BCUT2D eigenvalue weighted by atomic mass is 10.1. The zero-order chi connectivity index (χ0) is 22.6. The molecular formula is C23H26F3NO4. The highest BCUT2D eigenvalue weighted by molar-refractivity contribution is 5.77. The number of alkyl halides is 3. The standard InChI is InChI=1S/C23H26F3NO4/c1-29-19-12-16(13-20(30-2)22(19)31-3)6-11-21(28)27(18-9-10-18)14-15-4-7-17(8-5-15)23(24,25)26/h4-5,7-8,12-13,18H,6,9-11,14H2,1-3H3. The van der Waals surface area contributed by atoms with Gasteiger partial charge < -0.3 is 19.1 Å². The number of benzene rings is 2. The van der Waals surface area contributed by atoms with Crippen LogP contribution in [0.25, 0.3) is 0 Å². The molecule has 0 aromatic heterocycles. The van der Waals surface area contributed by atoms with Crippen LogP contribution in [0.15, 0.2) is 36.4 Å². The molecule has 0 unspecified atom stereocenters. The minimum Gasteiger partial charge on any atom is -0.493 e. The van der Waals surface area contributed by atoms with Gasteiger partial charge in [0.2, 0.25) is 11.7 Å². The van der Waals surface area contributed by atoms with E-state index in [-0.39, 0.29) is 18.4 Å². The third-order valence-electron chi connectivity index (χ3n) is 5.29. The zero-order valence-electron chi connectivity index (χ0n) is 17.8. The molecule has 168 valence electrons. The van der Waals surface area contributed by atoms with Gasteiger partial charge in [-0.05, 0) is 54.7 Å². The first-order valence-corrected chi connectivity index (χ1v) is 10.0. The molecule has 0 N–H and O–H groups in total. The zero-order valence-corrected chi connectivity index (χ0v) is 17.8. The summed E-state index contributed by atoms with van der Waals surface area (Å²) in [7, 11) is 4.59. The predicted molar refractivity (Wildman–Crippen MR) is 109 cm³/mol. The first-order chi connectivity index (χ1) is 14.8. The lowest BCUT2D eigenvalue weighted by molar-refractivity contribution is -0.137. The lowest BCUT2D eigenvalue weighted by Gasteiger charge is -2.23. The van der Waals surface area contributed by atoms with Gasteiger partial charge in [-0.25, -0.2) is 0 Å². The van der Waals surface area contributed by atoms with Crippen LogP contribution >= 0.6 is 0 Å². The largest absolute Gasteiger partial charge is 0.493 e. The van der Waals surface area contributed by atoms with Crippen LogP contribution in [0.2, 0.25) is 0 Å². The Morgan fingerprint density at radius 3 is 2.00 bits per heavy atom. The van der Waals surface area contributed by atoms with Gasteiger partial charge in [0, 0.05) is 19.0 Å². The van der Waals surface area contributed by atoms with E-state index in [2.05, 4.69) is 0 Å². The van der Waals surface area contributed by atoms with Gasteiger partial charge >= 0.3 is 6.18 Å². The Bertz CT molecular complexity index is 883. The number of carbonyl (C=O) groups excluding carboxylic acids is 1. The summed E-state index contributed by atoms with van der Waals surface area (Å²) >= 11 is 0. The van der Waals surface area contributed by atoms with Crippen LogP contribution in [-0.4, -0.2) is 38.2 Å². The van der Waals surface area contributed by atoms with Gasteiger partial charge in [0.05, 0.1) is 26.9 Å². The van der Waals surface area contributed by atoms with E-state index in [1.165, 1.54) is 33.5 Å². The van der Waals surface area contributed by atoms with E-state index in [9.17, 15) is 18.0 Å². The molecule has 1 aliphatic rings. The number of hydrogen-bond acceptors (Lipinski definition) is 4. The third kappa shape index (κ3) is 5.62. The van der Waals surface area contributed by atoms with E-state index >= 15 is 0 Å². The van der Waals surface area contributed by atoms with Crippen molar-refractivity contribution >= 4 is 5.91 Å². The molecule has 5 nitrogen and oxygen atoms in total. The number of amides is 1. The van der Waals surface area contributed by atoms with Crippen molar-refractivity contribution in [3.63, 3.8) is 0 Å². The smallest absolute Gasteiger partial charge is 0.416 e. The highest BCUT2D eigenvalue weighted by Gasteiger charge is 2.33. The maximum Gasteiger partial charge on any atom is 0.416 e. The van der Waals surface area contributed by atoms with Gasteiger partial charge in [0.25, 0.3) is 0 Å². The fourth-order valence-corrected chi connectivity index (χ4v) is 3.48. The van der Waals surface area contributed by atoms with Crippen molar-refractivity contribution in [3.8, 4) is 17.2 Å². The molecule has 0 saturated heterocycles. The quantitative estimate of drug-likeness (QED) is 0.563. The average molecular weight is 437 g/mol. The summed E-state index contributed by atoms with van der Waals surface area (Å²) in [6.45, 7) is 0.302. The summed E-state index contributed by atoms with van der Waals surface area (Å²) in [5, 5.41) is 0. The molecule has 0 radical (unpaired) electrons. The molecule has 0 bridgehead atoms. The maximum absolute atomic E-state index is 12.9. The number of rotatable bonds is 9. The van der Waals surface area contributed by atoms with Gasteiger partial charge in [0.15, 0.2) is 11.5 Å². The molecule has 1 aliphatic carbocycles. The Balaban J connectivity index is 1.68. The lowest BCUT2D eigenvalue weighted by Crippen LogP contribution is -2.32. The molecule has 0 atom stereocenters. The predicted octanol–water partition coefficient (Wildman–Crippen LogP) is 4.86. The van der Waals surface area contributed by atoms with Crippen molar-refractivity contribution in [1.29, 1.82) is 0 Å². The fourth-order valence-electron chi connectivity index (χ4n) is 3.48. The normalized spacial score (nSPS) is 13.6. The number of hydrogen-bond donors (Lipinski definition) is 0. The topological polar surface area (TPSA) is 48.0 Å². The van der Waals surface area contributed by atoms with E-state index in [0.29, 0.717) is 35.8 Å². The average Bonchev–Trinajstić information content (AvgIpc) is 3.59. The first-order valence-electron chi connectivity index (χ1n) is 10.0. The van der Waals surface area contributed by atoms with Crippen LogP contribution in [0.1, 0.15) is 36.0 Å². The second-order valence-corrected chi connectivity index (χ2v) is 7.48. The summed E-state index contributed by atoms with van der Waals surface area (Å²) in [5.41, 5.74) is 0.858. The van der Waals surface area contributed by atoms with Crippen molar-refractivity contribution in [3.05, 3.63) is 53.1 Å². The van der Waals surface area contributed by atoms with Gasteiger partial charge in [-0.2, -0.15) is 13.2 Å². The van der Waals surface area contributed by atoms with Crippen molar-refractivity contribution in [2.75, 3.05) is 21.3 Å². The molecule has 0 heterocycles. The highest BCUT2D eigenvalue weighted by atomic mass is 19.4. The Labute approximate surface area is 179 Å². The second-order valence-electron chi connectivity index (χ2n) is 7.48. The maximum atomic E-state index is 12.9. The molecule has 1 saturated carbocycles. The molecular weight excluding hydrogens is 411 g/mol. The van der Waals surface area contributed by atoms with Crippen LogP contribution in [0.4, 0.5) is 13.2 Å². The molecule has 2 aromatic rings. The van der Waals surface area contributed by atoms with E-state index in [1.54, 1.807) is 4.90 Å². The highest BCUT2D eigenvalue weighted by Crippen LogP contribution is 2.38. The number of nitrogens with zero attached hydrogens (tertiary/aromatic N) is 1. The minimum atomic E-state index is -4.37. The van der Waals surface area contributed by atoms with Crippen molar-refractivity contribution < 1.29 is 32.2 Å². The van der Waals surface area contributed by atoms with Gasteiger partial charge in [-0.1, -0.05) is 12.1 Å². The van der Waals surface area contributed by atoms with Gasteiger partial charge in [-0.3, -0.25) is 4.79 Å². The monoisotopic (exact) mass is 437 g/mol. The summed E-state index contributed by atoms with van der Waals surface area (Å²) in [6, 6.07) is 8.75. The molecule has 1 amide bonds. The Morgan fingerprint density at radius 2 is 1.55 bits per heavy atom. The van der Waals surface area contributed by atoms with Crippen molar-refractivity contribution in [2.45, 2.75) is 44.4 Å². The number of ether oxygens (including phenoxy) is 3. The van der Waals surface area contributed by atoms with E-state index in [0.717, 1.165) is 30.5 Å². The van der Waals surface area contributed by atoms with Crippen molar-refractivity contribution in [1.82, 2.24) is 4.90 Å². The molecule has 8 heteroatoms. The van der Waals surface area contributed by atoms with Gasteiger partial charge in [-0.15, -0.1) is 0 Å². The Kier molecular flexibility index (Phi) is 6.97. The van der Waals surface area contributed by atoms with Crippen LogP contribution in [0, 0.1) is 0 Å². The van der Waals surface area contributed by atoms with Crippen molar-refractivity contribution in [2.24, 2.45) is 0 Å². The Morgan fingerprint density at radius 1 is 0.968 bits per heavy atom. The summed E-state index contributed by atoms with van der Waals surface area (Å²) in [6.07, 6.45) is -1.79. The first kappa shape index (κ1) is 22.8. The number of halogens is 3. The van der Waals surface area contributed by atoms with Crippen LogP contribution in [0.5, 0.6) is 17.2 Å². The third-order valence-corrected chi connectivity index (χ3v) is 5.29. The Hall–Kier alpha value is -2.90. The van der Waals surface area contributed by atoms with E-state index < -0.39 is 11.7 Å². The van der Waals surface area contributed by atoms with Crippen LogP contribution in [0.3, 0.4) is 0 Å².